The molecule has 1 heterocycles. The van der Waals surface area contributed by atoms with Gasteiger partial charge < -0.3 is 15.0 Å². The second-order valence-corrected chi connectivity index (χ2v) is 4.35. The Balaban J connectivity index is 2.18. The van der Waals surface area contributed by atoms with Gasteiger partial charge in [0.2, 0.25) is 5.91 Å². The third-order valence-electron chi connectivity index (χ3n) is 3.20. The van der Waals surface area contributed by atoms with Crippen LogP contribution >= 0.6 is 0 Å². The fraction of sp³-hybridized carbons (Fsp3) is 0.917. The molecule has 1 amide bonds. The fourth-order valence-corrected chi connectivity index (χ4v) is 2.10. The molecule has 1 N–H and O–H groups in total. The zero-order valence-corrected chi connectivity index (χ0v) is 10.5. The lowest BCUT2D eigenvalue weighted by atomic mass is 9.93. The minimum absolute atomic E-state index is 0.147. The van der Waals surface area contributed by atoms with E-state index in [0.29, 0.717) is 6.61 Å². The second kappa shape index (κ2) is 7.63. The third kappa shape index (κ3) is 4.49. The van der Waals surface area contributed by atoms with Crippen molar-refractivity contribution < 1.29 is 9.53 Å². The lowest BCUT2D eigenvalue weighted by molar-refractivity contribution is -0.137. The molecule has 1 aliphatic heterocycles. The largest absolute Gasteiger partial charge is 0.372 e. The quantitative estimate of drug-likeness (QED) is 0.733. The van der Waals surface area contributed by atoms with Crippen molar-refractivity contribution in [1.29, 1.82) is 0 Å². The predicted molar refractivity (Wildman–Crippen MR) is 64.3 cm³/mol. The summed E-state index contributed by atoms with van der Waals surface area (Å²) in [4.78, 5) is 13.6. The van der Waals surface area contributed by atoms with E-state index in [1.165, 1.54) is 6.42 Å². The van der Waals surface area contributed by atoms with Crippen LogP contribution in [0.1, 0.15) is 26.2 Å². The van der Waals surface area contributed by atoms with Crippen LogP contribution in [0.3, 0.4) is 0 Å². The summed E-state index contributed by atoms with van der Waals surface area (Å²) in [6.45, 7) is 5.66. The van der Waals surface area contributed by atoms with Crippen LogP contribution in [0.15, 0.2) is 0 Å². The van der Waals surface area contributed by atoms with E-state index in [1.807, 2.05) is 18.9 Å². The number of hydrogen-bond acceptors (Lipinski definition) is 3. The number of likely N-dealkylation sites (tertiary alicyclic amines) is 1. The highest BCUT2D eigenvalue weighted by Gasteiger charge is 2.21. The maximum Gasteiger partial charge on any atom is 0.248 e. The number of nitrogens with one attached hydrogen (secondary N) is 1. The molecule has 1 saturated heterocycles. The molecule has 4 nitrogen and oxygen atoms in total. The van der Waals surface area contributed by atoms with Crippen LogP contribution in [0.2, 0.25) is 0 Å². The highest BCUT2D eigenvalue weighted by Crippen LogP contribution is 2.19. The van der Waals surface area contributed by atoms with Crippen LogP contribution in [0.25, 0.3) is 0 Å². The minimum Gasteiger partial charge on any atom is -0.372 e. The fourth-order valence-electron chi connectivity index (χ4n) is 2.10. The van der Waals surface area contributed by atoms with Crippen LogP contribution in [0.5, 0.6) is 0 Å². The Kier molecular flexibility index (Phi) is 6.42. The van der Waals surface area contributed by atoms with Crippen molar-refractivity contribution in [2.24, 2.45) is 5.92 Å². The average molecular weight is 228 g/mol. The van der Waals surface area contributed by atoms with Gasteiger partial charge in [-0.3, -0.25) is 4.79 Å². The second-order valence-electron chi connectivity index (χ2n) is 4.35. The number of hydrogen-bond donors (Lipinski definition) is 1. The minimum atomic E-state index is 0.147. The molecule has 0 radical (unpaired) electrons. The zero-order chi connectivity index (χ0) is 11.8. The number of amides is 1. The zero-order valence-electron chi connectivity index (χ0n) is 10.5. The maximum absolute atomic E-state index is 11.7. The van der Waals surface area contributed by atoms with Crippen molar-refractivity contribution in [3.63, 3.8) is 0 Å². The summed E-state index contributed by atoms with van der Waals surface area (Å²) in [6.07, 6.45) is 3.50. The van der Waals surface area contributed by atoms with E-state index in [2.05, 4.69) is 5.32 Å². The summed E-state index contributed by atoms with van der Waals surface area (Å²) in [5, 5.41) is 3.18. The molecule has 4 heteroatoms. The summed E-state index contributed by atoms with van der Waals surface area (Å²) in [6, 6.07) is 0. The summed E-state index contributed by atoms with van der Waals surface area (Å²) in [7, 11) is 1.99. The topological polar surface area (TPSA) is 41.6 Å². The smallest absolute Gasteiger partial charge is 0.248 e. The van der Waals surface area contributed by atoms with E-state index >= 15 is 0 Å². The highest BCUT2D eigenvalue weighted by molar-refractivity contribution is 5.77. The number of carbonyl (C=O) groups is 1. The van der Waals surface area contributed by atoms with Crippen molar-refractivity contribution in [3.8, 4) is 0 Å². The van der Waals surface area contributed by atoms with E-state index < -0.39 is 0 Å². The first-order chi connectivity index (χ1) is 7.77. The Morgan fingerprint density at radius 1 is 1.44 bits per heavy atom. The Labute approximate surface area is 98.3 Å². The lowest BCUT2D eigenvalue weighted by Crippen LogP contribution is -2.40. The summed E-state index contributed by atoms with van der Waals surface area (Å²) < 4.78 is 5.14. The molecule has 0 spiro atoms. The van der Waals surface area contributed by atoms with Gasteiger partial charge in [-0.05, 0) is 45.7 Å². The monoisotopic (exact) mass is 228 g/mol. The van der Waals surface area contributed by atoms with Crippen molar-refractivity contribution in [2.45, 2.75) is 26.2 Å². The molecule has 0 atom stereocenters. The number of ether oxygens (including phenoxy) is 1. The van der Waals surface area contributed by atoms with E-state index in [1.54, 1.807) is 0 Å². The van der Waals surface area contributed by atoms with E-state index in [9.17, 15) is 4.79 Å². The van der Waals surface area contributed by atoms with Gasteiger partial charge in [-0.25, -0.2) is 0 Å². The molecule has 0 aromatic rings. The first-order valence-corrected chi connectivity index (χ1v) is 6.28. The first-order valence-electron chi connectivity index (χ1n) is 6.28. The van der Waals surface area contributed by atoms with Crippen molar-refractivity contribution in [3.05, 3.63) is 0 Å². The van der Waals surface area contributed by atoms with Crippen molar-refractivity contribution >= 4 is 5.91 Å². The average Bonchev–Trinajstić information content (AvgIpc) is 2.34. The Hall–Kier alpha value is -0.610. The Bertz CT molecular complexity index is 201. The lowest BCUT2D eigenvalue weighted by Gasteiger charge is -2.32. The van der Waals surface area contributed by atoms with E-state index in [-0.39, 0.29) is 12.5 Å². The highest BCUT2D eigenvalue weighted by atomic mass is 16.5. The van der Waals surface area contributed by atoms with Crippen LogP contribution in [0.4, 0.5) is 0 Å². The first kappa shape index (κ1) is 13.5. The maximum atomic E-state index is 11.7. The van der Waals surface area contributed by atoms with Crippen LogP contribution in [0, 0.1) is 5.92 Å². The van der Waals surface area contributed by atoms with Gasteiger partial charge in [-0.2, -0.15) is 0 Å². The summed E-state index contributed by atoms with van der Waals surface area (Å²) in [5.74, 6) is 0.928. The molecule has 1 aliphatic rings. The number of piperidine rings is 1. The third-order valence-corrected chi connectivity index (χ3v) is 3.20. The Morgan fingerprint density at radius 3 is 2.69 bits per heavy atom. The number of carbonyl (C=O) groups excluding carboxylic acids is 1. The molecular formula is C12H24N2O2. The predicted octanol–water partition coefficient (Wildman–Crippen LogP) is 0.871. The van der Waals surface area contributed by atoms with Crippen LogP contribution in [-0.2, 0) is 9.53 Å². The molecule has 16 heavy (non-hydrogen) atoms. The summed E-state index contributed by atoms with van der Waals surface area (Å²) >= 11 is 0. The van der Waals surface area contributed by atoms with Crippen molar-refractivity contribution in [1.82, 2.24) is 10.2 Å². The molecule has 94 valence electrons. The van der Waals surface area contributed by atoms with E-state index in [4.69, 9.17) is 4.74 Å². The molecule has 1 rings (SSSR count). The van der Waals surface area contributed by atoms with Gasteiger partial charge in [0, 0.05) is 19.7 Å². The van der Waals surface area contributed by atoms with Gasteiger partial charge in [0.1, 0.15) is 6.61 Å². The molecular weight excluding hydrogens is 204 g/mol. The molecule has 0 saturated carbocycles. The molecule has 0 aromatic carbocycles. The number of rotatable bonds is 6. The van der Waals surface area contributed by atoms with E-state index in [0.717, 1.165) is 38.4 Å². The van der Waals surface area contributed by atoms with Crippen LogP contribution < -0.4 is 5.32 Å². The Morgan fingerprint density at radius 2 is 2.12 bits per heavy atom. The van der Waals surface area contributed by atoms with Gasteiger partial charge in [-0.15, -0.1) is 0 Å². The molecule has 0 unspecified atom stereocenters. The standard InChI is InChI=1S/C12H24N2O2/c1-3-16-10-12(15)14-8-5-11(6-9-14)4-7-13-2/h11,13H,3-10H2,1-2H3. The molecule has 1 fully saturated rings. The van der Waals surface area contributed by atoms with Crippen molar-refractivity contribution in [2.75, 3.05) is 39.9 Å². The van der Waals surface area contributed by atoms with Crippen LogP contribution in [-0.4, -0.2) is 50.7 Å². The summed E-state index contributed by atoms with van der Waals surface area (Å²) in [5.41, 5.74) is 0. The molecule has 0 aromatic heterocycles. The van der Waals surface area contributed by atoms with Gasteiger partial charge >= 0.3 is 0 Å². The normalized spacial score (nSPS) is 17.8. The van der Waals surface area contributed by atoms with Gasteiger partial charge in [0.15, 0.2) is 0 Å². The number of nitrogens with zero attached hydrogens (tertiary/aromatic N) is 1. The molecule has 0 aliphatic carbocycles. The van der Waals surface area contributed by atoms with Gasteiger partial charge in [-0.1, -0.05) is 0 Å². The SMILES string of the molecule is CCOCC(=O)N1CCC(CCNC)CC1. The molecule has 0 bridgehead atoms. The van der Waals surface area contributed by atoms with Gasteiger partial charge in [0.25, 0.3) is 0 Å². The van der Waals surface area contributed by atoms with Gasteiger partial charge in [0.05, 0.1) is 0 Å².